The van der Waals surface area contributed by atoms with Crippen molar-refractivity contribution in [3.05, 3.63) is 35.9 Å². The van der Waals surface area contributed by atoms with Crippen LogP contribution in [0.5, 0.6) is 0 Å². The van der Waals surface area contributed by atoms with Crippen LogP contribution in [0.15, 0.2) is 30.3 Å². The van der Waals surface area contributed by atoms with E-state index < -0.39 is 0 Å². The van der Waals surface area contributed by atoms with Crippen molar-refractivity contribution >= 4 is 6.03 Å². The molecule has 2 N–H and O–H groups in total. The van der Waals surface area contributed by atoms with Crippen LogP contribution in [0.25, 0.3) is 0 Å². The van der Waals surface area contributed by atoms with E-state index in [0.717, 1.165) is 39.0 Å². The van der Waals surface area contributed by atoms with Gasteiger partial charge in [-0.05, 0) is 50.3 Å². The number of piperidine rings is 3. The second-order valence-electron chi connectivity index (χ2n) is 7.88. The summed E-state index contributed by atoms with van der Waals surface area (Å²) in [6.45, 7) is 6.58. The van der Waals surface area contributed by atoms with Crippen LogP contribution in [0.4, 0.5) is 4.79 Å². The van der Waals surface area contributed by atoms with E-state index in [9.17, 15) is 4.79 Å². The zero-order chi connectivity index (χ0) is 17.1. The first kappa shape index (κ1) is 16.9. The molecule has 1 aromatic carbocycles. The van der Waals surface area contributed by atoms with Gasteiger partial charge >= 0.3 is 6.03 Å². The van der Waals surface area contributed by atoms with E-state index in [1.807, 2.05) is 0 Å². The highest BCUT2D eigenvalue weighted by Crippen LogP contribution is 2.27. The summed E-state index contributed by atoms with van der Waals surface area (Å²) in [5.74, 6) is 0.682. The van der Waals surface area contributed by atoms with Crippen molar-refractivity contribution in [3.8, 4) is 0 Å². The van der Waals surface area contributed by atoms with Gasteiger partial charge < -0.3 is 20.4 Å². The number of fused-ring (bicyclic) bond motifs is 3. The number of amides is 2. The highest BCUT2D eigenvalue weighted by Gasteiger charge is 2.35. The summed E-state index contributed by atoms with van der Waals surface area (Å²) >= 11 is 0. The third-order valence-electron chi connectivity index (χ3n) is 6.14. The third-order valence-corrected chi connectivity index (χ3v) is 6.14. The van der Waals surface area contributed by atoms with Gasteiger partial charge in [0.25, 0.3) is 0 Å². The zero-order valence-corrected chi connectivity index (χ0v) is 15.0. The van der Waals surface area contributed by atoms with Crippen LogP contribution < -0.4 is 10.6 Å². The predicted molar refractivity (Wildman–Crippen MR) is 99.6 cm³/mol. The first-order valence-corrected chi connectivity index (χ1v) is 9.82. The molecule has 5 nitrogen and oxygen atoms in total. The normalized spacial score (nSPS) is 31.8. The molecule has 4 heterocycles. The first-order valence-electron chi connectivity index (χ1n) is 9.82. The van der Waals surface area contributed by atoms with Crippen LogP contribution in [-0.4, -0.2) is 67.2 Å². The molecular weight excluding hydrogens is 312 g/mol. The number of likely N-dealkylation sites (tertiary alicyclic amines) is 1. The van der Waals surface area contributed by atoms with Gasteiger partial charge in [-0.3, -0.25) is 0 Å². The minimum Gasteiger partial charge on any atom is -0.334 e. The number of hydrogen-bond donors (Lipinski definition) is 2. The SMILES string of the molecule is O=C(NC1CCN(CCc2ccccc2)C1)NC1CN2CCC1CC2. The Kier molecular flexibility index (Phi) is 5.22. The average molecular weight is 342 g/mol. The van der Waals surface area contributed by atoms with Crippen molar-refractivity contribution in [2.24, 2.45) is 5.92 Å². The summed E-state index contributed by atoms with van der Waals surface area (Å²) in [6, 6.07) is 11.3. The quantitative estimate of drug-likeness (QED) is 0.856. The van der Waals surface area contributed by atoms with Gasteiger partial charge in [0.2, 0.25) is 0 Å². The molecule has 25 heavy (non-hydrogen) atoms. The fraction of sp³-hybridized carbons (Fsp3) is 0.650. The Morgan fingerprint density at radius 1 is 1.00 bits per heavy atom. The van der Waals surface area contributed by atoms with Gasteiger partial charge in [0, 0.05) is 38.3 Å². The standard InChI is InChI=1S/C20H30N4O/c25-20(22-19-15-24-11-7-17(19)8-12-24)21-18-9-13-23(14-18)10-6-16-4-2-1-3-5-16/h1-5,17-19H,6-15H2,(H2,21,22,25). The highest BCUT2D eigenvalue weighted by atomic mass is 16.2. The third kappa shape index (κ3) is 4.33. The molecule has 0 aliphatic carbocycles. The van der Waals surface area contributed by atoms with Crippen LogP contribution in [-0.2, 0) is 6.42 Å². The molecule has 5 heteroatoms. The molecule has 2 bridgehead atoms. The van der Waals surface area contributed by atoms with Crippen molar-refractivity contribution in [1.29, 1.82) is 0 Å². The van der Waals surface area contributed by atoms with E-state index in [4.69, 9.17) is 0 Å². The fourth-order valence-corrected chi connectivity index (χ4v) is 4.61. The number of rotatable bonds is 5. The Balaban J connectivity index is 1.18. The Morgan fingerprint density at radius 2 is 1.80 bits per heavy atom. The Hall–Kier alpha value is -1.59. The van der Waals surface area contributed by atoms with Crippen molar-refractivity contribution in [2.45, 2.75) is 37.8 Å². The van der Waals surface area contributed by atoms with Gasteiger partial charge in [-0.25, -0.2) is 4.79 Å². The molecule has 0 spiro atoms. The maximum atomic E-state index is 12.4. The number of hydrogen-bond acceptors (Lipinski definition) is 3. The topological polar surface area (TPSA) is 47.6 Å². The van der Waals surface area contributed by atoms with E-state index in [1.165, 1.54) is 31.5 Å². The molecule has 5 rings (SSSR count). The molecule has 0 aromatic heterocycles. The van der Waals surface area contributed by atoms with E-state index in [0.29, 0.717) is 12.0 Å². The molecule has 2 amide bonds. The van der Waals surface area contributed by atoms with Crippen LogP contribution in [0, 0.1) is 5.92 Å². The lowest BCUT2D eigenvalue weighted by Gasteiger charge is -2.44. The number of carbonyl (C=O) groups is 1. The van der Waals surface area contributed by atoms with Gasteiger partial charge in [0.05, 0.1) is 0 Å². The molecule has 0 saturated carbocycles. The molecule has 4 aliphatic rings. The van der Waals surface area contributed by atoms with Crippen LogP contribution in [0.2, 0.25) is 0 Å². The molecule has 4 fully saturated rings. The number of nitrogens with one attached hydrogen (secondary N) is 2. The highest BCUT2D eigenvalue weighted by molar-refractivity contribution is 5.74. The van der Waals surface area contributed by atoms with Gasteiger partial charge in [-0.1, -0.05) is 30.3 Å². The zero-order valence-electron chi connectivity index (χ0n) is 15.0. The van der Waals surface area contributed by atoms with Crippen molar-refractivity contribution in [1.82, 2.24) is 20.4 Å². The van der Waals surface area contributed by atoms with E-state index in [2.05, 4.69) is 50.8 Å². The van der Waals surface area contributed by atoms with Crippen LogP contribution >= 0.6 is 0 Å². The average Bonchev–Trinajstić information content (AvgIpc) is 3.09. The summed E-state index contributed by atoms with van der Waals surface area (Å²) in [5.41, 5.74) is 1.39. The molecule has 136 valence electrons. The Labute approximate surface area is 150 Å². The summed E-state index contributed by atoms with van der Waals surface area (Å²) in [4.78, 5) is 17.3. The molecule has 2 unspecified atom stereocenters. The molecule has 2 atom stereocenters. The molecule has 1 aromatic rings. The largest absolute Gasteiger partial charge is 0.334 e. The molecule has 0 radical (unpaired) electrons. The van der Waals surface area contributed by atoms with Gasteiger partial charge in [0.15, 0.2) is 0 Å². The molecule has 4 saturated heterocycles. The summed E-state index contributed by atoms with van der Waals surface area (Å²) in [5, 5.41) is 6.44. The maximum Gasteiger partial charge on any atom is 0.315 e. The number of carbonyl (C=O) groups excluding carboxylic acids is 1. The lowest BCUT2D eigenvalue weighted by molar-refractivity contribution is 0.0764. The smallest absolute Gasteiger partial charge is 0.315 e. The maximum absolute atomic E-state index is 12.4. The van der Waals surface area contributed by atoms with Gasteiger partial charge in [-0.2, -0.15) is 0 Å². The van der Waals surface area contributed by atoms with Crippen molar-refractivity contribution in [2.75, 3.05) is 39.3 Å². The van der Waals surface area contributed by atoms with Crippen LogP contribution in [0.3, 0.4) is 0 Å². The van der Waals surface area contributed by atoms with Crippen molar-refractivity contribution < 1.29 is 4.79 Å². The minimum absolute atomic E-state index is 0.0358. The summed E-state index contributed by atoms with van der Waals surface area (Å²) < 4.78 is 0. The van der Waals surface area contributed by atoms with E-state index in [-0.39, 0.29) is 12.1 Å². The summed E-state index contributed by atoms with van der Waals surface area (Å²) in [7, 11) is 0. The lowest BCUT2D eigenvalue weighted by Crippen LogP contribution is -2.59. The predicted octanol–water partition coefficient (Wildman–Crippen LogP) is 1.70. The minimum atomic E-state index is 0.0358. The number of benzene rings is 1. The molecule has 4 aliphatic heterocycles. The van der Waals surface area contributed by atoms with Crippen LogP contribution in [0.1, 0.15) is 24.8 Å². The van der Waals surface area contributed by atoms with E-state index in [1.54, 1.807) is 0 Å². The Bertz CT molecular complexity index is 570. The second-order valence-corrected chi connectivity index (χ2v) is 7.88. The number of nitrogens with zero attached hydrogens (tertiary/aromatic N) is 2. The second kappa shape index (κ2) is 7.75. The first-order chi connectivity index (χ1) is 12.3. The van der Waals surface area contributed by atoms with Gasteiger partial charge in [0.1, 0.15) is 0 Å². The fourth-order valence-electron chi connectivity index (χ4n) is 4.61. The van der Waals surface area contributed by atoms with Gasteiger partial charge in [-0.15, -0.1) is 0 Å². The molecular formula is C20H30N4O. The summed E-state index contributed by atoms with van der Waals surface area (Å²) in [6.07, 6.45) is 4.62. The Morgan fingerprint density at radius 3 is 2.52 bits per heavy atom. The monoisotopic (exact) mass is 342 g/mol. The van der Waals surface area contributed by atoms with Crippen molar-refractivity contribution in [3.63, 3.8) is 0 Å². The lowest BCUT2D eigenvalue weighted by atomic mass is 9.84. The van der Waals surface area contributed by atoms with E-state index >= 15 is 0 Å². The number of urea groups is 1.